The summed E-state index contributed by atoms with van der Waals surface area (Å²) in [6.07, 6.45) is 2.05. The van der Waals surface area contributed by atoms with E-state index in [2.05, 4.69) is 20.1 Å². The van der Waals surface area contributed by atoms with Crippen molar-refractivity contribution in [3.8, 4) is 11.3 Å². The first-order valence-corrected chi connectivity index (χ1v) is 9.46. The average molecular weight is 381 g/mol. The van der Waals surface area contributed by atoms with Gasteiger partial charge in [-0.25, -0.2) is 4.63 Å². The molecular formula is C20H23N5O3. The summed E-state index contributed by atoms with van der Waals surface area (Å²) < 4.78 is 9.94. The molecule has 0 aromatic carbocycles. The Morgan fingerprint density at radius 1 is 1.18 bits per heavy atom. The van der Waals surface area contributed by atoms with Gasteiger partial charge in [-0.2, -0.15) is 0 Å². The van der Waals surface area contributed by atoms with Crippen molar-refractivity contribution >= 4 is 5.91 Å². The fourth-order valence-electron chi connectivity index (χ4n) is 3.77. The van der Waals surface area contributed by atoms with Gasteiger partial charge in [-0.3, -0.25) is 9.78 Å². The summed E-state index contributed by atoms with van der Waals surface area (Å²) in [7, 11) is 0. The van der Waals surface area contributed by atoms with E-state index in [1.165, 1.54) is 0 Å². The van der Waals surface area contributed by atoms with Crippen molar-refractivity contribution in [3.63, 3.8) is 0 Å². The lowest BCUT2D eigenvalue weighted by atomic mass is 10.0. The molecule has 0 N–H and O–H groups in total. The van der Waals surface area contributed by atoms with Crippen LogP contribution < -0.4 is 0 Å². The summed E-state index contributed by atoms with van der Waals surface area (Å²) in [5.41, 5.74) is 4.99. The minimum Gasteiger partial charge on any atom is -0.361 e. The van der Waals surface area contributed by atoms with Crippen LogP contribution in [0.2, 0.25) is 0 Å². The first kappa shape index (κ1) is 18.3. The number of carbonyl (C=O) groups excluding carboxylic acids is 1. The molecule has 4 heterocycles. The lowest BCUT2D eigenvalue weighted by Gasteiger charge is -2.16. The zero-order chi connectivity index (χ0) is 19.7. The van der Waals surface area contributed by atoms with E-state index < -0.39 is 0 Å². The van der Waals surface area contributed by atoms with E-state index in [-0.39, 0.29) is 12.3 Å². The highest BCUT2D eigenvalue weighted by Crippen LogP contribution is 2.27. The van der Waals surface area contributed by atoms with Gasteiger partial charge >= 0.3 is 0 Å². The van der Waals surface area contributed by atoms with Gasteiger partial charge in [0.15, 0.2) is 0 Å². The summed E-state index contributed by atoms with van der Waals surface area (Å²) in [5.74, 6) is 1.24. The van der Waals surface area contributed by atoms with Crippen molar-refractivity contribution in [2.24, 2.45) is 5.92 Å². The van der Waals surface area contributed by atoms with Crippen LogP contribution in [0, 0.1) is 26.7 Å². The second-order valence-electron chi connectivity index (χ2n) is 7.39. The minimum atomic E-state index is 0.0683. The fraction of sp³-hybridized carbons (Fsp3) is 0.450. The number of hydrogen-bond donors (Lipinski definition) is 0. The number of rotatable bonds is 5. The number of hydrogen-bond acceptors (Lipinski definition) is 7. The van der Waals surface area contributed by atoms with Crippen LogP contribution in [-0.2, 0) is 17.6 Å². The summed E-state index contributed by atoms with van der Waals surface area (Å²) >= 11 is 0. The average Bonchev–Trinajstić information content (AvgIpc) is 3.37. The Hall–Kier alpha value is -3.03. The molecule has 0 radical (unpaired) electrons. The van der Waals surface area contributed by atoms with Gasteiger partial charge in [-0.1, -0.05) is 21.5 Å². The predicted molar refractivity (Wildman–Crippen MR) is 100 cm³/mol. The van der Waals surface area contributed by atoms with Crippen LogP contribution >= 0.6 is 0 Å². The van der Waals surface area contributed by atoms with Gasteiger partial charge in [-0.05, 0) is 51.7 Å². The SMILES string of the molecule is Cc1nonc1CC(=O)N1CC[C@@H](Cc2cccc(-c3c(C)noc3C)n2)C1. The van der Waals surface area contributed by atoms with Gasteiger partial charge < -0.3 is 9.42 Å². The molecule has 1 fully saturated rings. The highest BCUT2D eigenvalue weighted by Gasteiger charge is 2.27. The number of nitrogens with zero attached hydrogens (tertiary/aromatic N) is 5. The molecule has 0 aliphatic carbocycles. The smallest absolute Gasteiger partial charge is 0.228 e. The third-order valence-corrected chi connectivity index (χ3v) is 5.30. The van der Waals surface area contributed by atoms with Crippen molar-refractivity contribution in [3.05, 3.63) is 46.7 Å². The molecular weight excluding hydrogens is 358 g/mol. The Morgan fingerprint density at radius 3 is 2.75 bits per heavy atom. The monoisotopic (exact) mass is 381 g/mol. The van der Waals surface area contributed by atoms with Gasteiger partial charge in [0.1, 0.15) is 17.1 Å². The van der Waals surface area contributed by atoms with Crippen LogP contribution in [0.4, 0.5) is 0 Å². The molecule has 0 saturated carbocycles. The van der Waals surface area contributed by atoms with Crippen molar-refractivity contribution in [2.75, 3.05) is 13.1 Å². The van der Waals surface area contributed by atoms with Crippen LogP contribution in [-0.4, -0.2) is 44.4 Å². The first-order valence-electron chi connectivity index (χ1n) is 9.46. The maximum atomic E-state index is 12.5. The molecule has 4 rings (SSSR count). The van der Waals surface area contributed by atoms with Crippen molar-refractivity contribution in [1.29, 1.82) is 0 Å². The molecule has 1 aliphatic heterocycles. The van der Waals surface area contributed by atoms with Crippen LogP contribution in [0.1, 0.15) is 35.0 Å². The normalized spacial score (nSPS) is 16.7. The molecule has 8 nitrogen and oxygen atoms in total. The minimum absolute atomic E-state index is 0.0683. The molecule has 3 aromatic rings. The molecule has 146 valence electrons. The Bertz CT molecular complexity index is 974. The van der Waals surface area contributed by atoms with Crippen molar-refractivity contribution in [1.82, 2.24) is 25.4 Å². The summed E-state index contributed by atoms with van der Waals surface area (Å²) in [4.78, 5) is 19.2. The Labute approximate surface area is 162 Å². The topological polar surface area (TPSA) is 98.2 Å². The van der Waals surface area contributed by atoms with Gasteiger partial charge in [0.25, 0.3) is 0 Å². The summed E-state index contributed by atoms with van der Waals surface area (Å²) in [6.45, 7) is 7.12. The first-order chi connectivity index (χ1) is 13.5. The van der Waals surface area contributed by atoms with E-state index in [1.807, 2.05) is 36.9 Å². The maximum Gasteiger partial charge on any atom is 0.228 e. The van der Waals surface area contributed by atoms with E-state index in [0.717, 1.165) is 54.3 Å². The maximum absolute atomic E-state index is 12.5. The molecule has 28 heavy (non-hydrogen) atoms. The molecule has 1 atom stereocenters. The number of pyridine rings is 1. The number of aryl methyl sites for hydroxylation is 3. The van der Waals surface area contributed by atoms with Gasteiger partial charge in [-0.15, -0.1) is 0 Å². The fourth-order valence-corrected chi connectivity index (χ4v) is 3.77. The molecule has 1 aliphatic rings. The molecule has 8 heteroatoms. The van der Waals surface area contributed by atoms with E-state index in [4.69, 9.17) is 9.51 Å². The molecule has 1 saturated heterocycles. The second kappa shape index (κ2) is 7.53. The molecule has 0 bridgehead atoms. The predicted octanol–water partition coefficient (Wildman–Crippen LogP) is 2.68. The zero-order valence-corrected chi connectivity index (χ0v) is 16.3. The summed E-state index contributed by atoms with van der Waals surface area (Å²) in [6, 6.07) is 6.03. The second-order valence-corrected chi connectivity index (χ2v) is 7.39. The van der Waals surface area contributed by atoms with Crippen LogP contribution in [0.25, 0.3) is 11.3 Å². The third kappa shape index (κ3) is 3.67. The molecule has 3 aromatic heterocycles. The van der Waals surface area contributed by atoms with Crippen molar-refractivity contribution < 1.29 is 13.9 Å². The van der Waals surface area contributed by atoms with Crippen LogP contribution in [0.5, 0.6) is 0 Å². The number of aromatic nitrogens is 4. The quantitative estimate of drug-likeness (QED) is 0.670. The highest BCUT2D eigenvalue weighted by molar-refractivity contribution is 5.78. The van der Waals surface area contributed by atoms with Crippen molar-refractivity contribution in [2.45, 2.75) is 40.0 Å². The van der Waals surface area contributed by atoms with Crippen LogP contribution in [0.15, 0.2) is 27.4 Å². The van der Waals surface area contributed by atoms with E-state index in [9.17, 15) is 4.79 Å². The Kier molecular flexibility index (Phi) is 4.93. The number of carbonyl (C=O) groups is 1. The van der Waals surface area contributed by atoms with Gasteiger partial charge in [0.05, 0.1) is 23.4 Å². The van der Waals surface area contributed by atoms with Gasteiger partial charge in [0.2, 0.25) is 5.91 Å². The molecule has 1 amide bonds. The van der Waals surface area contributed by atoms with E-state index >= 15 is 0 Å². The standard InChI is InChI=1S/C20H23N5O3/c1-12-18(24-28-23-12)10-19(26)25-8-7-15(11-25)9-16-5-4-6-17(21-16)20-13(2)22-27-14(20)3/h4-6,15H,7-11H2,1-3H3/t15-/m0/s1. The van der Waals surface area contributed by atoms with Crippen LogP contribution in [0.3, 0.4) is 0 Å². The largest absolute Gasteiger partial charge is 0.361 e. The Balaban J connectivity index is 1.40. The number of likely N-dealkylation sites (tertiary alicyclic amines) is 1. The molecule has 0 unspecified atom stereocenters. The van der Waals surface area contributed by atoms with Gasteiger partial charge in [0, 0.05) is 18.8 Å². The number of amides is 1. The van der Waals surface area contributed by atoms with E-state index in [1.54, 1.807) is 6.92 Å². The van der Waals surface area contributed by atoms with E-state index in [0.29, 0.717) is 17.3 Å². The highest BCUT2D eigenvalue weighted by atomic mass is 16.6. The summed E-state index contributed by atoms with van der Waals surface area (Å²) in [5, 5.41) is 11.6. The molecule has 0 spiro atoms. The third-order valence-electron chi connectivity index (χ3n) is 5.30. The lowest BCUT2D eigenvalue weighted by Crippen LogP contribution is -2.30. The lowest BCUT2D eigenvalue weighted by molar-refractivity contribution is -0.129. The Morgan fingerprint density at radius 2 is 2.04 bits per heavy atom. The zero-order valence-electron chi connectivity index (χ0n) is 16.3.